The second kappa shape index (κ2) is 5.32. The van der Waals surface area contributed by atoms with Crippen molar-refractivity contribution in [2.24, 2.45) is 0 Å². The van der Waals surface area contributed by atoms with E-state index >= 15 is 0 Å². The third kappa shape index (κ3) is 3.17. The number of hydrogen-bond donors (Lipinski definition) is 1. The zero-order valence-electron chi connectivity index (χ0n) is 10.4. The van der Waals surface area contributed by atoms with E-state index in [-0.39, 0.29) is 5.75 Å². The van der Waals surface area contributed by atoms with Crippen molar-refractivity contribution in [3.05, 3.63) is 58.1 Å². The molecule has 0 heterocycles. The first-order valence-corrected chi connectivity index (χ1v) is 6.11. The van der Waals surface area contributed by atoms with Gasteiger partial charge in [0.15, 0.2) is 0 Å². The van der Waals surface area contributed by atoms with Crippen LogP contribution in [0, 0.1) is 13.8 Å². The Morgan fingerprint density at radius 1 is 1.06 bits per heavy atom. The lowest BCUT2D eigenvalue weighted by molar-refractivity contribution is 0.304. The Morgan fingerprint density at radius 2 is 1.83 bits per heavy atom. The van der Waals surface area contributed by atoms with Crippen LogP contribution in [-0.2, 0) is 6.61 Å². The van der Waals surface area contributed by atoms with Crippen LogP contribution in [0.15, 0.2) is 36.4 Å². The second-order valence-corrected chi connectivity index (χ2v) is 4.80. The molecule has 0 unspecified atom stereocenters. The van der Waals surface area contributed by atoms with Gasteiger partial charge in [-0.05, 0) is 43.2 Å². The molecule has 94 valence electrons. The molecule has 0 amide bonds. The fourth-order valence-electron chi connectivity index (χ4n) is 1.74. The minimum Gasteiger partial charge on any atom is -0.508 e. The zero-order valence-corrected chi connectivity index (χ0v) is 11.2. The molecule has 0 aliphatic carbocycles. The number of benzene rings is 2. The zero-order chi connectivity index (χ0) is 13.1. The Labute approximate surface area is 112 Å². The van der Waals surface area contributed by atoms with Crippen LogP contribution in [-0.4, -0.2) is 5.11 Å². The van der Waals surface area contributed by atoms with E-state index in [0.29, 0.717) is 17.4 Å². The molecule has 2 aromatic carbocycles. The average Bonchev–Trinajstić information content (AvgIpc) is 2.26. The van der Waals surface area contributed by atoms with Gasteiger partial charge >= 0.3 is 0 Å². The molecular formula is C15H15ClO2. The molecule has 0 saturated carbocycles. The summed E-state index contributed by atoms with van der Waals surface area (Å²) in [5.41, 5.74) is 3.01. The summed E-state index contributed by atoms with van der Waals surface area (Å²) in [6.45, 7) is 4.29. The lowest BCUT2D eigenvalue weighted by Gasteiger charge is -2.09. The van der Waals surface area contributed by atoms with Crippen molar-refractivity contribution in [1.82, 2.24) is 0 Å². The molecule has 0 spiro atoms. The lowest BCUT2D eigenvalue weighted by atomic mass is 10.1. The molecule has 2 rings (SSSR count). The van der Waals surface area contributed by atoms with Gasteiger partial charge in [-0.1, -0.05) is 23.7 Å². The van der Waals surface area contributed by atoms with E-state index in [1.54, 1.807) is 12.1 Å². The maximum Gasteiger partial charge on any atom is 0.123 e. The van der Waals surface area contributed by atoms with E-state index in [4.69, 9.17) is 16.3 Å². The van der Waals surface area contributed by atoms with Gasteiger partial charge in [-0.25, -0.2) is 0 Å². The molecule has 0 aliphatic rings. The van der Waals surface area contributed by atoms with Crippen LogP contribution in [0.5, 0.6) is 11.5 Å². The minimum absolute atomic E-state index is 0.208. The molecule has 0 bridgehead atoms. The van der Waals surface area contributed by atoms with E-state index in [0.717, 1.165) is 16.7 Å². The van der Waals surface area contributed by atoms with Crippen LogP contribution in [0.4, 0.5) is 0 Å². The number of halogens is 1. The fraction of sp³-hybridized carbons (Fsp3) is 0.200. The molecule has 18 heavy (non-hydrogen) atoms. The first-order valence-electron chi connectivity index (χ1n) is 5.73. The van der Waals surface area contributed by atoms with Crippen LogP contribution in [0.2, 0.25) is 5.02 Å². The van der Waals surface area contributed by atoms with Crippen LogP contribution in [0.3, 0.4) is 0 Å². The summed E-state index contributed by atoms with van der Waals surface area (Å²) >= 11 is 6.13. The summed E-state index contributed by atoms with van der Waals surface area (Å²) in [4.78, 5) is 0. The molecule has 0 radical (unpaired) electrons. The highest BCUT2D eigenvalue weighted by Gasteiger charge is 2.03. The van der Waals surface area contributed by atoms with Gasteiger partial charge in [0.2, 0.25) is 0 Å². The van der Waals surface area contributed by atoms with Crippen LogP contribution in [0.25, 0.3) is 0 Å². The third-order valence-electron chi connectivity index (χ3n) is 2.64. The molecule has 0 fully saturated rings. The van der Waals surface area contributed by atoms with Gasteiger partial charge < -0.3 is 9.84 Å². The second-order valence-electron chi connectivity index (χ2n) is 4.39. The Morgan fingerprint density at radius 3 is 2.50 bits per heavy atom. The smallest absolute Gasteiger partial charge is 0.123 e. The first kappa shape index (κ1) is 12.8. The lowest BCUT2D eigenvalue weighted by Crippen LogP contribution is -1.96. The monoisotopic (exact) mass is 262 g/mol. The van der Waals surface area contributed by atoms with Gasteiger partial charge in [0, 0.05) is 16.7 Å². The van der Waals surface area contributed by atoms with Crippen molar-refractivity contribution in [3.8, 4) is 11.5 Å². The van der Waals surface area contributed by atoms with E-state index in [1.165, 1.54) is 0 Å². The molecule has 2 nitrogen and oxygen atoms in total. The third-order valence-corrected chi connectivity index (χ3v) is 2.99. The first-order chi connectivity index (χ1) is 8.54. The van der Waals surface area contributed by atoms with Crippen molar-refractivity contribution in [3.63, 3.8) is 0 Å². The highest BCUT2D eigenvalue weighted by atomic mass is 35.5. The van der Waals surface area contributed by atoms with E-state index in [2.05, 4.69) is 0 Å². The summed E-state index contributed by atoms with van der Waals surface area (Å²) in [6.07, 6.45) is 0. The summed E-state index contributed by atoms with van der Waals surface area (Å²) in [7, 11) is 0. The van der Waals surface area contributed by atoms with Gasteiger partial charge in [-0.15, -0.1) is 0 Å². The normalized spacial score (nSPS) is 10.4. The van der Waals surface area contributed by atoms with Crippen molar-refractivity contribution in [2.45, 2.75) is 20.5 Å². The summed E-state index contributed by atoms with van der Waals surface area (Å²) in [5.74, 6) is 0.851. The van der Waals surface area contributed by atoms with Gasteiger partial charge in [-0.2, -0.15) is 0 Å². The van der Waals surface area contributed by atoms with E-state index in [9.17, 15) is 5.11 Å². The van der Waals surface area contributed by atoms with E-state index in [1.807, 2.05) is 38.1 Å². The summed E-state index contributed by atoms with van der Waals surface area (Å²) in [6, 6.07) is 11.0. The summed E-state index contributed by atoms with van der Waals surface area (Å²) in [5, 5.41) is 10.2. The van der Waals surface area contributed by atoms with Crippen LogP contribution in [0.1, 0.15) is 16.7 Å². The Bertz CT molecular complexity index is 544. The molecule has 3 heteroatoms. The SMILES string of the molecule is Cc1cc(O)cc(OCc2ccc(C)cc2Cl)c1. The van der Waals surface area contributed by atoms with Gasteiger partial charge in [-0.3, -0.25) is 0 Å². The number of ether oxygens (including phenoxy) is 1. The van der Waals surface area contributed by atoms with Crippen molar-refractivity contribution >= 4 is 11.6 Å². The van der Waals surface area contributed by atoms with Gasteiger partial charge in [0.05, 0.1) is 0 Å². The Hall–Kier alpha value is -1.67. The Balaban J connectivity index is 2.11. The molecule has 2 aromatic rings. The van der Waals surface area contributed by atoms with Crippen LogP contribution < -0.4 is 4.74 Å². The minimum atomic E-state index is 0.208. The largest absolute Gasteiger partial charge is 0.508 e. The molecule has 0 aromatic heterocycles. The quantitative estimate of drug-likeness (QED) is 0.896. The van der Waals surface area contributed by atoms with E-state index < -0.39 is 0 Å². The van der Waals surface area contributed by atoms with Gasteiger partial charge in [0.1, 0.15) is 18.1 Å². The van der Waals surface area contributed by atoms with Crippen molar-refractivity contribution in [1.29, 1.82) is 0 Å². The molecule has 1 N–H and O–H groups in total. The maximum atomic E-state index is 9.48. The number of hydrogen-bond acceptors (Lipinski definition) is 2. The molecule has 0 saturated heterocycles. The topological polar surface area (TPSA) is 29.5 Å². The molecular weight excluding hydrogens is 248 g/mol. The predicted molar refractivity (Wildman–Crippen MR) is 73.4 cm³/mol. The summed E-state index contributed by atoms with van der Waals surface area (Å²) < 4.78 is 5.63. The average molecular weight is 263 g/mol. The fourth-order valence-corrected chi connectivity index (χ4v) is 2.03. The highest BCUT2D eigenvalue weighted by molar-refractivity contribution is 6.31. The maximum absolute atomic E-state index is 9.48. The van der Waals surface area contributed by atoms with Gasteiger partial charge in [0.25, 0.3) is 0 Å². The standard InChI is InChI=1S/C15H15ClO2/c1-10-3-4-12(15(16)7-10)9-18-14-6-11(2)5-13(17)8-14/h3-8,17H,9H2,1-2H3. The number of phenols is 1. The Kier molecular flexibility index (Phi) is 3.78. The molecule has 0 atom stereocenters. The predicted octanol–water partition coefficient (Wildman–Crippen LogP) is 4.24. The van der Waals surface area contributed by atoms with Crippen LogP contribution >= 0.6 is 11.6 Å². The molecule has 0 aliphatic heterocycles. The number of aromatic hydroxyl groups is 1. The van der Waals surface area contributed by atoms with Crippen molar-refractivity contribution < 1.29 is 9.84 Å². The van der Waals surface area contributed by atoms with Crippen molar-refractivity contribution in [2.75, 3.05) is 0 Å². The number of rotatable bonds is 3. The number of phenolic OH excluding ortho intramolecular Hbond substituents is 1. The number of aryl methyl sites for hydroxylation is 2. The highest BCUT2D eigenvalue weighted by Crippen LogP contribution is 2.24.